The van der Waals surface area contributed by atoms with Crippen molar-refractivity contribution in [2.75, 3.05) is 6.54 Å². The highest BCUT2D eigenvalue weighted by molar-refractivity contribution is 6.11. The standard InChI is InChI=1S/C22H20F2N2O4/c1-22(16-7-9-17(10-8-16)30-20(23)24)19(28)26(21(29)25-22)12-18(27)15-6-5-13-3-2-4-14(13)11-15/h5-11,20H,2-4,12H2,1H3,(H,25,29)/t22-/m0/s1. The van der Waals surface area contributed by atoms with Crippen molar-refractivity contribution in [3.8, 4) is 5.75 Å². The Hall–Kier alpha value is -3.29. The van der Waals surface area contributed by atoms with Crippen LogP contribution in [-0.2, 0) is 23.2 Å². The van der Waals surface area contributed by atoms with Gasteiger partial charge in [0, 0.05) is 5.56 Å². The third-order valence-corrected chi connectivity index (χ3v) is 5.65. The zero-order valence-corrected chi connectivity index (χ0v) is 16.3. The number of halogens is 2. The lowest BCUT2D eigenvalue weighted by Gasteiger charge is -2.22. The monoisotopic (exact) mass is 414 g/mol. The van der Waals surface area contributed by atoms with Gasteiger partial charge in [0.2, 0.25) is 0 Å². The molecule has 1 aliphatic heterocycles. The summed E-state index contributed by atoms with van der Waals surface area (Å²) >= 11 is 0. The molecule has 1 heterocycles. The Labute approximate surface area is 171 Å². The third kappa shape index (κ3) is 3.53. The third-order valence-electron chi connectivity index (χ3n) is 5.65. The van der Waals surface area contributed by atoms with Gasteiger partial charge < -0.3 is 10.1 Å². The number of nitrogens with zero attached hydrogens (tertiary/aromatic N) is 1. The zero-order valence-electron chi connectivity index (χ0n) is 16.3. The molecular formula is C22H20F2N2O4. The number of hydrogen-bond acceptors (Lipinski definition) is 4. The lowest BCUT2D eigenvalue weighted by Crippen LogP contribution is -2.41. The van der Waals surface area contributed by atoms with Gasteiger partial charge in [-0.2, -0.15) is 8.78 Å². The van der Waals surface area contributed by atoms with Crippen LogP contribution in [0.25, 0.3) is 0 Å². The van der Waals surface area contributed by atoms with Crippen LogP contribution in [0.3, 0.4) is 0 Å². The molecule has 2 aromatic carbocycles. The van der Waals surface area contributed by atoms with Gasteiger partial charge in [0.25, 0.3) is 5.91 Å². The van der Waals surface area contributed by atoms with Crippen LogP contribution < -0.4 is 10.1 Å². The molecule has 0 saturated carbocycles. The molecule has 8 heteroatoms. The van der Waals surface area contributed by atoms with E-state index >= 15 is 0 Å². The number of imide groups is 1. The van der Waals surface area contributed by atoms with Crippen LogP contribution in [0.2, 0.25) is 0 Å². The molecule has 2 aromatic rings. The van der Waals surface area contributed by atoms with Crippen LogP contribution in [-0.4, -0.2) is 35.8 Å². The first-order valence-electron chi connectivity index (χ1n) is 9.62. The number of nitrogens with one attached hydrogen (secondary N) is 1. The quantitative estimate of drug-likeness (QED) is 0.581. The van der Waals surface area contributed by atoms with Crippen LogP contribution in [0.4, 0.5) is 13.6 Å². The van der Waals surface area contributed by atoms with Gasteiger partial charge >= 0.3 is 12.6 Å². The molecule has 156 valence electrons. The van der Waals surface area contributed by atoms with Gasteiger partial charge in [0.05, 0.1) is 6.54 Å². The summed E-state index contributed by atoms with van der Waals surface area (Å²) < 4.78 is 29.0. The normalized spacial score (nSPS) is 20.5. The molecule has 0 radical (unpaired) electrons. The van der Waals surface area contributed by atoms with E-state index in [1.54, 1.807) is 6.07 Å². The predicted octanol–water partition coefficient (Wildman–Crippen LogP) is 3.43. The van der Waals surface area contributed by atoms with Crippen molar-refractivity contribution in [2.24, 2.45) is 0 Å². The topological polar surface area (TPSA) is 75.7 Å². The number of Topliss-reactive ketones (excluding diaryl/α,β-unsaturated/α-hetero) is 1. The number of ketones is 1. The Bertz CT molecular complexity index is 1020. The van der Waals surface area contributed by atoms with E-state index in [1.807, 2.05) is 12.1 Å². The molecule has 4 rings (SSSR count). The van der Waals surface area contributed by atoms with Crippen molar-refractivity contribution in [3.63, 3.8) is 0 Å². The highest BCUT2D eigenvalue weighted by Gasteiger charge is 2.49. The summed E-state index contributed by atoms with van der Waals surface area (Å²) in [4.78, 5) is 39.1. The molecule has 1 saturated heterocycles. The van der Waals surface area contributed by atoms with Crippen molar-refractivity contribution >= 4 is 17.7 Å². The summed E-state index contributed by atoms with van der Waals surface area (Å²) in [5.74, 6) is -0.958. The van der Waals surface area contributed by atoms with Gasteiger partial charge in [-0.1, -0.05) is 24.3 Å². The van der Waals surface area contributed by atoms with Crippen LogP contribution in [0, 0.1) is 0 Å². The Morgan fingerprint density at radius 2 is 1.83 bits per heavy atom. The molecule has 0 bridgehead atoms. The maximum atomic E-state index is 13.0. The molecule has 30 heavy (non-hydrogen) atoms. The Balaban J connectivity index is 1.51. The highest BCUT2D eigenvalue weighted by atomic mass is 19.3. The number of carbonyl (C=O) groups excluding carboxylic acids is 3. The SMILES string of the molecule is C[C@@]1(c2ccc(OC(F)F)cc2)NC(=O)N(CC(=O)c2ccc3c(c2)CCC3)C1=O. The average molecular weight is 414 g/mol. The molecule has 1 atom stereocenters. The first kappa shape index (κ1) is 20.0. The molecule has 6 nitrogen and oxygen atoms in total. The van der Waals surface area contributed by atoms with E-state index in [1.165, 1.54) is 36.8 Å². The van der Waals surface area contributed by atoms with E-state index in [2.05, 4.69) is 10.1 Å². The second-order valence-corrected chi connectivity index (χ2v) is 7.61. The van der Waals surface area contributed by atoms with Gasteiger partial charge in [0.15, 0.2) is 5.78 Å². The second-order valence-electron chi connectivity index (χ2n) is 7.61. The summed E-state index contributed by atoms with van der Waals surface area (Å²) in [7, 11) is 0. The number of aryl methyl sites for hydroxylation is 2. The number of urea groups is 1. The number of amides is 3. The summed E-state index contributed by atoms with van der Waals surface area (Å²) in [6.07, 6.45) is 2.97. The number of rotatable bonds is 6. The molecule has 1 N–H and O–H groups in total. The predicted molar refractivity (Wildman–Crippen MR) is 103 cm³/mol. The Morgan fingerprint density at radius 3 is 2.53 bits per heavy atom. The minimum atomic E-state index is -2.96. The minimum absolute atomic E-state index is 0.0576. The summed E-state index contributed by atoms with van der Waals surface area (Å²) in [5, 5.41) is 2.60. The fraction of sp³-hybridized carbons (Fsp3) is 0.318. The Kier molecular flexibility index (Phi) is 5.01. The molecule has 3 amide bonds. The van der Waals surface area contributed by atoms with Crippen molar-refractivity contribution in [3.05, 3.63) is 64.7 Å². The van der Waals surface area contributed by atoms with Crippen molar-refractivity contribution in [1.82, 2.24) is 10.2 Å². The van der Waals surface area contributed by atoms with E-state index in [4.69, 9.17) is 0 Å². The van der Waals surface area contributed by atoms with Crippen LogP contribution in [0.1, 0.15) is 40.4 Å². The van der Waals surface area contributed by atoms with Crippen LogP contribution >= 0.6 is 0 Å². The number of fused-ring (bicyclic) bond motifs is 1. The summed E-state index contributed by atoms with van der Waals surface area (Å²) in [5.41, 5.74) is 1.83. The first-order chi connectivity index (χ1) is 14.3. The first-order valence-corrected chi connectivity index (χ1v) is 9.62. The van der Waals surface area contributed by atoms with E-state index in [0.717, 1.165) is 29.7 Å². The molecule has 1 fully saturated rings. The van der Waals surface area contributed by atoms with Gasteiger partial charge in [-0.25, -0.2) is 4.79 Å². The van der Waals surface area contributed by atoms with Gasteiger partial charge in [-0.15, -0.1) is 0 Å². The van der Waals surface area contributed by atoms with E-state index in [-0.39, 0.29) is 18.1 Å². The number of benzene rings is 2. The number of hydrogen-bond donors (Lipinski definition) is 1. The number of carbonyl (C=O) groups is 3. The molecule has 0 spiro atoms. The van der Waals surface area contributed by atoms with Crippen LogP contribution in [0.15, 0.2) is 42.5 Å². The zero-order chi connectivity index (χ0) is 21.5. The number of alkyl halides is 2. The largest absolute Gasteiger partial charge is 0.435 e. The van der Waals surface area contributed by atoms with Gasteiger partial charge in [-0.05, 0) is 61.1 Å². The summed E-state index contributed by atoms with van der Waals surface area (Å²) in [6, 6.07) is 10.3. The van der Waals surface area contributed by atoms with E-state index < -0.39 is 24.1 Å². The summed E-state index contributed by atoms with van der Waals surface area (Å²) in [6.45, 7) is -1.82. The van der Waals surface area contributed by atoms with Crippen molar-refractivity contribution in [2.45, 2.75) is 38.3 Å². The van der Waals surface area contributed by atoms with Gasteiger partial charge in [0.1, 0.15) is 11.3 Å². The molecule has 0 unspecified atom stereocenters. The van der Waals surface area contributed by atoms with Crippen molar-refractivity contribution in [1.29, 1.82) is 0 Å². The minimum Gasteiger partial charge on any atom is -0.435 e. The smallest absolute Gasteiger partial charge is 0.387 e. The average Bonchev–Trinajstić information content (AvgIpc) is 3.26. The molecule has 1 aliphatic carbocycles. The second kappa shape index (κ2) is 7.51. The molecular weight excluding hydrogens is 394 g/mol. The fourth-order valence-corrected chi connectivity index (χ4v) is 3.99. The van der Waals surface area contributed by atoms with E-state index in [0.29, 0.717) is 11.1 Å². The lowest BCUT2D eigenvalue weighted by atomic mass is 9.92. The molecule has 0 aromatic heterocycles. The maximum Gasteiger partial charge on any atom is 0.387 e. The lowest BCUT2D eigenvalue weighted by molar-refractivity contribution is -0.130. The van der Waals surface area contributed by atoms with E-state index in [9.17, 15) is 23.2 Å². The van der Waals surface area contributed by atoms with Crippen molar-refractivity contribution < 1.29 is 27.9 Å². The fourth-order valence-electron chi connectivity index (χ4n) is 3.99. The van der Waals surface area contributed by atoms with Crippen LogP contribution in [0.5, 0.6) is 5.75 Å². The number of ether oxygens (including phenoxy) is 1. The Morgan fingerprint density at radius 1 is 1.13 bits per heavy atom. The van der Waals surface area contributed by atoms with Gasteiger partial charge in [-0.3, -0.25) is 14.5 Å². The maximum absolute atomic E-state index is 13.0. The molecule has 2 aliphatic rings. The highest BCUT2D eigenvalue weighted by Crippen LogP contribution is 2.31.